The SMILES string of the molecule is C=CCn1c(COc2cccc3ccccc23)nnc1SCC(=O)Nc1nc2ccccc2s1. The highest BCUT2D eigenvalue weighted by Crippen LogP contribution is 2.27. The molecule has 0 radical (unpaired) electrons. The van der Waals surface area contributed by atoms with Gasteiger partial charge in [-0.3, -0.25) is 9.36 Å². The highest BCUT2D eigenvalue weighted by atomic mass is 32.2. The van der Waals surface area contributed by atoms with Gasteiger partial charge in [0.05, 0.1) is 16.0 Å². The summed E-state index contributed by atoms with van der Waals surface area (Å²) < 4.78 is 9.03. The monoisotopic (exact) mass is 487 g/mol. The van der Waals surface area contributed by atoms with Crippen LogP contribution in [0.3, 0.4) is 0 Å². The van der Waals surface area contributed by atoms with Crippen LogP contribution in [0.5, 0.6) is 5.75 Å². The number of amides is 1. The van der Waals surface area contributed by atoms with E-state index in [-0.39, 0.29) is 18.3 Å². The van der Waals surface area contributed by atoms with Crippen molar-refractivity contribution in [2.24, 2.45) is 0 Å². The predicted molar refractivity (Wildman–Crippen MR) is 137 cm³/mol. The van der Waals surface area contributed by atoms with Crippen LogP contribution in [0, 0.1) is 0 Å². The molecule has 0 saturated carbocycles. The van der Waals surface area contributed by atoms with Crippen molar-refractivity contribution < 1.29 is 9.53 Å². The van der Waals surface area contributed by atoms with Gasteiger partial charge in [-0.25, -0.2) is 4.98 Å². The molecule has 0 aliphatic rings. The first-order chi connectivity index (χ1) is 16.7. The van der Waals surface area contributed by atoms with Gasteiger partial charge in [0, 0.05) is 11.9 Å². The van der Waals surface area contributed by atoms with Crippen LogP contribution in [0.25, 0.3) is 21.0 Å². The maximum absolute atomic E-state index is 12.5. The van der Waals surface area contributed by atoms with E-state index >= 15 is 0 Å². The smallest absolute Gasteiger partial charge is 0.236 e. The number of anilines is 1. The molecule has 34 heavy (non-hydrogen) atoms. The molecule has 170 valence electrons. The molecule has 1 amide bonds. The third-order valence-electron chi connectivity index (χ3n) is 5.08. The third kappa shape index (κ3) is 4.80. The number of thioether (sulfide) groups is 1. The molecular weight excluding hydrogens is 466 g/mol. The Morgan fingerprint density at radius 1 is 1.09 bits per heavy atom. The Kier molecular flexibility index (Phi) is 6.55. The van der Waals surface area contributed by atoms with E-state index in [4.69, 9.17) is 4.74 Å². The number of para-hydroxylation sites is 1. The van der Waals surface area contributed by atoms with Crippen molar-refractivity contribution in [1.82, 2.24) is 19.7 Å². The number of nitrogens with zero attached hydrogens (tertiary/aromatic N) is 4. The maximum atomic E-state index is 12.5. The van der Waals surface area contributed by atoms with Crippen LogP contribution in [0.4, 0.5) is 5.13 Å². The highest BCUT2D eigenvalue weighted by Gasteiger charge is 2.15. The lowest BCUT2D eigenvalue weighted by Gasteiger charge is -2.11. The van der Waals surface area contributed by atoms with Gasteiger partial charge in [0.15, 0.2) is 16.1 Å². The van der Waals surface area contributed by atoms with Crippen LogP contribution in [0.1, 0.15) is 5.82 Å². The van der Waals surface area contributed by atoms with Gasteiger partial charge in [-0.1, -0.05) is 77.7 Å². The van der Waals surface area contributed by atoms with Crippen LogP contribution in [0.15, 0.2) is 84.5 Å². The average molecular weight is 488 g/mol. The minimum atomic E-state index is -0.147. The Balaban J connectivity index is 1.25. The molecule has 0 fully saturated rings. The molecule has 0 aliphatic heterocycles. The zero-order valence-corrected chi connectivity index (χ0v) is 19.8. The lowest BCUT2D eigenvalue weighted by atomic mass is 10.1. The number of rotatable bonds is 9. The summed E-state index contributed by atoms with van der Waals surface area (Å²) in [5.74, 6) is 1.50. The summed E-state index contributed by atoms with van der Waals surface area (Å²) in [6.07, 6.45) is 1.77. The molecular formula is C25H21N5O2S2. The van der Waals surface area contributed by atoms with Gasteiger partial charge in [0.1, 0.15) is 12.4 Å². The minimum Gasteiger partial charge on any atom is -0.485 e. The molecule has 0 atom stereocenters. The van der Waals surface area contributed by atoms with Gasteiger partial charge >= 0.3 is 0 Å². The van der Waals surface area contributed by atoms with Gasteiger partial charge < -0.3 is 10.1 Å². The van der Waals surface area contributed by atoms with E-state index in [0.29, 0.717) is 22.7 Å². The fraction of sp³-hybridized carbons (Fsp3) is 0.120. The van der Waals surface area contributed by atoms with Gasteiger partial charge in [-0.15, -0.1) is 16.8 Å². The number of benzene rings is 3. The summed E-state index contributed by atoms with van der Waals surface area (Å²) in [4.78, 5) is 17.0. The van der Waals surface area contributed by atoms with Crippen LogP contribution in [-0.2, 0) is 17.9 Å². The lowest BCUT2D eigenvalue weighted by molar-refractivity contribution is -0.113. The number of nitrogens with one attached hydrogen (secondary N) is 1. The van der Waals surface area contributed by atoms with E-state index in [0.717, 1.165) is 26.7 Å². The first-order valence-electron chi connectivity index (χ1n) is 10.6. The van der Waals surface area contributed by atoms with Crippen molar-refractivity contribution in [2.75, 3.05) is 11.1 Å². The minimum absolute atomic E-state index is 0.147. The maximum Gasteiger partial charge on any atom is 0.236 e. The van der Waals surface area contributed by atoms with Crippen molar-refractivity contribution in [2.45, 2.75) is 18.3 Å². The summed E-state index contributed by atoms with van der Waals surface area (Å²) in [5.41, 5.74) is 0.872. The summed E-state index contributed by atoms with van der Waals surface area (Å²) in [6.45, 7) is 4.61. The number of hydrogen-bond donors (Lipinski definition) is 1. The number of thiazole rings is 1. The average Bonchev–Trinajstić information content (AvgIpc) is 3.44. The summed E-state index contributed by atoms with van der Waals surface area (Å²) >= 11 is 2.77. The second-order valence-electron chi connectivity index (χ2n) is 7.39. The molecule has 0 spiro atoms. The quantitative estimate of drug-likeness (QED) is 0.217. The van der Waals surface area contributed by atoms with E-state index in [2.05, 4.69) is 39.2 Å². The first-order valence-corrected chi connectivity index (χ1v) is 12.4. The molecule has 0 aliphatic carbocycles. The number of aromatic nitrogens is 4. The molecule has 7 nitrogen and oxygen atoms in total. The second-order valence-corrected chi connectivity index (χ2v) is 9.36. The fourth-order valence-electron chi connectivity index (χ4n) is 3.52. The molecule has 0 unspecified atom stereocenters. The molecule has 3 aromatic carbocycles. The molecule has 5 aromatic rings. The van der Waals surface area contributed by atoms with Gasteiger partial charge in [-0.2, -0.15) is 0 Å². The standard InChI is InChI=1S/C25H21N5O2S2/c1-2-14-30-22(15-32-20-12-7-9-17-8-3-4-10-18(17)20)28-29-25(30)33-16-23(31)27-24-26-19-11-5-6-13-21(19)34-24/h2-13H,1,14-16H2,(H,26,27,31). The summed E-state index contributed by atoms with van der Waals surface area (Å²) in [7, 11) is 0. The lowest BCUT2D eigenvalue weighted by Crippen LogP contribution is -2.14. The molecule has 9 heteroatoms. The van der Waals surface area contributed by atoms with Crippen LogP contribution in [0.2, 0.25) is 0 Å². The zero-order chi connectivity index (χ0) is 23.3. The van der Waals surface area contributed by atoms with Gasteiger partial charge in [0.25, 0.3) is 0 Å². The molecule has 0 bridgehead atoms. The normalized spacial score (nSPS) is 11.1. The largest absolute Gasteiger partial charge is 0.485 e. The Labute approximate surface area is 204 Å². The number of fused-ring (bicyclic) bond motifs is 2. The number of carbonyl (C=O) groups is 1. The number of hydrogen-bond acceptors (Lipinski definition) is 7. The molecule has 2 aromatic heterocycles. The van der Waals surface area contributed by atoms with Crippen molar-refractivity contribution in [3.05, 3.63) is 85.2 Å². The number of carbonyl (C=O) groups excluding carboxylic acids is 1. The Morgan fingerprint density at radius 3 is 2.79 bits per heavy atom. The first kappa shape index (κ1) is 22.1. The van der Waals surface area contributed by atoms with E-state index < -0.39 is 0 Å². The number of ether oxygens (including phenoxy) is 1. The van der Waals surface area contributed by atoms with Crippen molar-refractivity contribution in [3.8, 4) is 5.75 Å². The van der Waals surface area contributed by atoms with Gasteiger partial charge in [-0.05, 0) is 23.6 Å². The fourth-order valence-corrected chi connectivity index (χ4v) is 5.17. The van der Waals surface area contributed by atoms with Crippen LogP contribution >= 0.6 is 23.1 Å². The predicted octanol–water partition coefficient (Wildman–Crippen LogP) is 5.54. The third-order valence-corrected chi connectivity index (χ3v) is 7.00. The second kappa shape index (κ2) is 10.1. The van der Waals surface area contributed by atoms with Crippen molar-refractivity contribution in [1.29, 1.82) is 0 Å². The Bertz CT molecular complexity index is 1440. The van der Waals surface area contributed by atoms with Crippen molar-refractivity contribution in [3.63, 3.8) is 0 Å². The van der Waals surface area contributed by atoms with E-state index in [1.807, 2.05) is 59.2 Å². The molecule has 1 N–H and O–H groups in total. The van der Waals surface area contributed by atoms with E-state index in [1.54, 1.807) is 6.08 Å². The molecule has 2 heterocycles. The highest BCUT2D eigenvalue weighted by molar-refractivity contribution is 7.99. The van der Waals surface area contributed by atoms with E-state index in [9.17, 15) is 4.79 Å². The molecule has 0 saturated heterocycles. The number of allylic oxidation sites excluding steroid dienone is 1. The van der Waals surface area contributed by atoms with Crippen LogP contribution in [-0.4, -0.2) is 31.4 Å². The van der Waals surface area contributed by atoms with Crippen LogP contribution < -0.4 is 10.1 Å². The topological polar surface area (TPSA) is 81.9 Å². The summed E-state index contributed by atoms with van der Waals surface area (Å²) in [6, 6.07) is 21.8. The van der Waals surface area contributed by atoms with E-state index in [1.165, 1.54) is 23.1 Å². The van der Waals surface area contributed by atoms with Crippen molar-refractivity contribution >= 4 is 55.1 Å². The Morgan fingerprint density at radius 2 is 1.91 bits per heavy atom. The molecule has 5 rings (SSSR count). The summed E-state index contributed by atoms with van der Waals surface area (Å²) in [5, 5.41) is 14.8. The van der Waals surface area contributed by atoms with Gasteiger partial charge in [0.2, 0.25) is 5.91 Å². The Hall–Kier alpha value is -3.69. The zero-order valence-electron chi connectivity index (χ0n) is 18.2.